The van der Waals surface area contributed by atoms with Gasteiger partial charge in [-0.15, -0.1) is 0 Å². The first-order valence-corrected chi connectivity index (χ1v) is 8.48. The van der Waals surface area contributed by atoms with Gasteiger partial charge >= 0.3 is 6.09 Å². The Labute approximate surface area is 139 Å². The maximum Gasteiger partial charge on any atom is 0.410 e. The molecule has 130 valence electrons. The number of hydrogen-bond acceptors (Lipinski definition) is 4. The van der Waals surface area contributed by atoms with Gasteiger partial charge in [-0.2, -0.15) is 0 Å². The molecule has 1 amide bonds. The number of carbonyl (C=O) groups excluding carboxylic acids is 1. The van der Waals surface area contributed by atoms with E-state index in [1.54, 1.807) is 6.26 Å². The number of likely N-dealkylation sites (tertiary alicyclic amines) is 1. The maximum absolute atomic E-state index is 12.2. The number of ether oxygens (including phenoxy) is 1. The number of furan rings is 1. The van der Waals surface area contributed by atoms with Gasteiger partial charge in [-0.25, -0.2) is 4.79 Å². The second-order valence-corrected chi connectivity index (χ2v) is 7.57. The van der Waals surface area contributed by atoms with E-state index in [0.29, 0.717) is 5.92 Å². The number of rotatable bonds is 4. The Balaban J connectivity index is 1.87. The van der Waals surface area contributed by atoms with Gasteiger partial charge in [-0.3, -0.25) is 4.90 Å². The van der Waals surface area contributed by atoms with Crippen LogP contribution in [0.15, 0.2) is 22.8 Å². The molecule has 2 heterocycles. The third-order valence-electron chi connectivity index (χ3n) is 4.33. The van der Waals surface area contributed by atoms with Crippen molar-refractivity contribution in [3.63, 3.8) is 0 Å². The predicted octanol–water partition coefficient (Wildman–Crippen LogP) is 3.92. The number of amides is 1. The number of hydrogen-bond donors (Lipinski definition) is 0. The molecule has 0 N–H and O–H groups in total. The summed E-state index contributed by atoms with van der Waals surface area (Å²) in [5.74, 6) is 1.45. The van der Waals surface area contributed by atoms with Gasteiger partial charge in [-0.05, 0) is 65.6 Å². The highest BCUT2D eigenvalue weighted by atomic mass is 16.6. The summed E-state index contributed by atoms with van der Waals surface area (Å²) in [6.07, 6.45) is 3.70. The highest BCUT2D eigenvalue weighted by Crippen LogP contribution is 2.24. The number of piperidine rings is 1. The summed E-state index contributed by atoms with van der Waals surface area (Å²) in [6, 6.07) is 4.17. The number of nitrogens with zero attached hydrogens (tertiary/aromatic N) is 2. The Morgan fingerprint density at radius 3 is 2.87 bits per heavy atom. The highest BCUT2D eigenvalue weighted by Gasteiger charge is 2.29. The molecule has 5 heteroatoms. The Morgan fingerprint density at radius 2 is 2.26 bits per heavy atom. The minimum absolute atomic E-state index is 0.191. The molecule has 2 atom stereocenters. The Kier molecular flexibility index (Phi) is 5.74. The summed E-state index contributed by atoms with van der Waals surface area (Å²) < 4.78 is 11.0. The van der Waals surface area contributed by atoms with Crippen molar-refractivity contribution in [3.05, 3.63) is 24.2 Å². The minimum atomic E-state index is -0.436. The summed E-state index contributed by atoms with van der Waals surface area (Å²) in [4.78, 5) is 16.4. The van der Waals surface area contributed by atoms with Crippen LogP contribution in [0.1, 0.15) is 52.3 Å². The molecule has 2 rings (SSSR count). The zero-order chi connectivity index (χ0) is 17.0. The normalized spacial score (nSPS) is 20.6. The SMILES string of the molecule is C[C@H](c1ccco1)N(C)C[C@@H]1CCCN(C(=O)OC(C)(C)C)C1. The van der Waals surface area contributed by atoms with E-state index in [0.717, 1.165) is 38.2 Å². The molecular weight excluding hydrogens is 292 g/mol. The maximum atomic E-state index is 12.2. The van der Waals surface area contributed by atoms with Crippen molar-refractivity contribution in [2.75, 3.05) is 26.7 Å². The average Bonchev–Trinajstić information content (AvgIpc) is 2.99. The fraction of sp³-hybridized carbons (Fsp3) is 0.722. The van der Waals surface area contributed by atoms with Crippen molar-refractivity contribution in [1.29, 1.82) is 0 Å². The lowest BCUT2D eigenvalue weighted by atomic mass is 9.97. The molecule has 0 aliphatic carbocycles. The van der Waals surface area contributed by atoms with Gasteiger partial charge in [0.25, 0.3) is 0 Å². The van der Waals surface area contributed by atoms with Crippen molar-refractivity contribution in [2.24, 2.45) is 5.92 Å². The van der Waals surface area contributed by atoms with Crippen LogP contribution >= 0.6 is 0 Å². The van der Waals surface area contributed by atoms with Gasteiger partial charge in [0.2, 0.25) is 0 Å². The second-order valence-electron chi connectivity index (χ2n) is 7.57. The summed E-state index contributed by atoms with van der Waals surface area (Å²) >= 11 is 0. The van der Waals surface area contributed by atoms with Gasteiger partial charge < -0.3 is 14.1 Å². The monoisotopic (exact) mass is 322 g/mol. The first-order valence-electron chi connectivity index (χ1n) is 8.48. The molecule has 1 aliphatic rings. The van der Waals surface area contributed by atoms with Crippen LogP contribution in [0.3, 0.4) is 0 Å². The molecule has 0 spiro atoms. The third-order valence-corrected chi connectivity index (χ3v) is 4.33. The summed E-state index contributed by atoms with van der Waals surface area (Å²) in [6.45, 7) is 10.4. The number of carbonyl (C=O) groups is 1. The standard InChI is InChI=1S/C18H30N2O3/c1-14(16-9-7-11-22-16)19(5)12-15-8-6-10-20(13-15)17(21)23-18(2,3)4/h7,9,11,14-15H,6,8,10,12-13H2,1-5H3/t14-,15+/m1/s1. The average molecular weight is 322 g/mol. The van der Waals surface area contributed by atoms with Gasteiger partial charge in [0.15, 0.2) is 0 Å². The van der Waals surface area contributed by atoms with Crippen LogP contribution < -0.4 is 0 Å². The lowest BCUT2D eigenvalue weighted by molar-refractivity contribution is 0.0140. The molecule has 0 radical (unpaired) electrons. The zero-order valence-electron chi connectivity index (χ0n) is 15.0. The van der Waals surface area contributed by atoms with E-state index in [1.807, 2.05) is 37.8 Å². The lowest BCUT2D eigenvalue weighted by Gasteiger charge is -2.36. The summed E-state index contributed by atoms with van der Waals surface area (Å²) in [7, 11) is 2.11. The van der Waals surface area contributed by atoms with E-state index >= 15 is 0 Å². The Bertz CT molecular complexity index is 493. The van der Waals surface area contributed by atoms with Crippen LogP contribution in [0.2, 0.25) is 0 Å². The van der Waals surface area contributed by atoms with Crippen molar-refractivity contribution < 1.29 is 13.9 Å². The molecule has 0 saturated carbocycles. The van der Waals surface area contributed by atoms with Gasteiger partial charge in [0.1, 0.15) is 11.4 Å². The molecule has 1 aliphatic heterocycles. The predicted molar refractivity (Wildman–Crippen MR) is 90.3 cm³/mol. The van der Waals surface area contributed by atoms with Crippen LogP contribution in [-0.4, -0.2) is 48.2 Å². The van der Waals surface area contributed by atoms with Crippen LogP contribution in [0, 0.1) is 5.92 Å². The Morgan fingerprint density at radius 1 is 1.52 bits per heavy atom. The van der Waals surface area contributed by atoms with E-state index in [1.165, 1.54) is 0 Å². The van der Waals surface area contributed by atoms with E-state index in [-0.39, 0.29) is 12.1 Å². The summed E-state index contributed by atoms with van der Waals surface area (Å²) in [5, 5.41) is 0. The topological polar surface area (TPSA) is 45.9 Å². The molecule has 0 unspecified atom stereocenters. The molecule has 0 aromatic carbocycles. The fourth-order valence-corrected chi connectivity index (χ4v) is 3.02. The first kappa shape index (κ1) is 17.9. The molecule has 0 bridgehead atoms. The van der Waals surface area contributed by atoms with Gasteiger partial charge in [-0.1, -0.05) is 0 Å². The quantitative estimate of drug-likeness (QED) is 0.843. The molecule has 1 saturated heterocycles. The van der Waals surface area contributed by atoms with Crippen molar-refractivity contribution in [2.45, 2.75) is 52.2 Å². The third kappa shape index (κ3) is 5.27. The minimum Gasteiger partial charge on any atom is -0.468 e. The van der Waals surface area contributed by atoms with Crippen LogP contribution in [0.5, 0.6) is 0 Å². The molecule has 1 fully saturated rings. The van der Waals surface area contributed by atoms with Crippen molar-refractivity contribution >= 4 is 6.09 Å². The molecule has 23 heavy (non-hydrogen) atoms. The molecular formula is C18H30N2O3. The van der Waals surface area contributed by atoms with Crippen molar-refractivity contribution in [3.8, 4) is 0 Å². The largest absolute Gasteiger partial charge is 0.468 e. The van der Waals surface area contributed by atoms with E-state index < -0.39 is 5.60 Å². The van der Waals surface area contributed by atoms with Crippen LogP contribution in [0.4, 0.5) is 4.79 Å². The van der Waals surface area contributed by atoms with Crippen LogP contribution in [-0.2, 0) is 4.74 Å². The van der Waals surface area contributed by atoms with E-state index in [4.69, 9.17) is 9.15 Å². The second kappa shape index (κ2) is 7.39. The Hall–Kier alpha value is -1.49. The van der Waals surface area contributed by atoms with Crippen LogP contribution in [0.25, 0.3) is 0 Å². The molecule has 5 nitrogen and oxygen atoms in total. The van der Waals surface area contributed by atoms with E-state index in [2.05, 4.69) is 18.9 Å². The lowest BCUT2D eigenvalue weighted by Crippen LogP contribution is -2.45. The van der Waals surface area contributed by atoms with Gasteiger partial charge in [0, 0.05) is 19.6 Å². The molecule has 1 aromatic rings. The van der Waals surface area contributed by atoms with E-state index in [9.17, 15) is 4.79 Å². The smallest absolute Gasteiger partial charge is 0.410 e. The first-order chi connectivity index (χ1) is 10.8. The zero-order valence-corrected chi connectivity index (χ0v) is 15.0. The highest BCUT2D eigenvalue weighted by molar-refractivity contribution is 5.68. The fourth-order valence-electron chi connectivity index (χ4n) is 3.02. The van der Waals surface area contributed by atoms with Gasteiger partial charge in [0.05, 0.1) is 12.3 Å². The van der Waals surface area contributed by atoms with Crippen molar-refractivity contribution in [1.82, 2.24) is 9.80 Å². The summed E-state index contributed by atoms with van der Waals surface area (Å²) in [5.41, 5.74) is -0.436. The molecule has 1 aromatic heterocycles.